The van der Waals surface area contributed by atoms with Gasteiger partial charge < -0.3 is 10.1 Å². The molecule has 12 heteroatoms. The van der Waals surface area contributed by atoms with Crippen LogP contribution in [0.3, 0.4) is 0 Å². The highest BCUT2D eigenvalue weighted by atomic mass is 35.5. The second kappa shape index (κ2) is 9.25. The number of anilines is 3. The average molecular weight is 449 g/mol. The Hall–Kier alpha value is -3.63. The molecule has 0 aliphatic carbocycles. The lowest BCUT2D eigenvalue weighted by Crippen LogP contribution is -2.30. The normalized spacial score (nSPS) is 10.2. The molecule has 3 rings (SSSR count). The highest BCUT2D eigenvalue weighted by Gasteiger charge is 2.24. The van der Waals surface area contributed by atoms with E-state index in [-0.39, 0.29) is 16.7 Å². The van der Waals surface area contributed by atoms with Crippen LogP contribution in [0.5, 0.6) is 5.75 Å². The van der Waals surface area contributed by atoms with Gasteiger partial charge in [-0.3, -0.25) is 25.8 Å². The second-order valence-electron chi connectivity index (χ2n) is 5.73. The Kier molecular flexibility index (Phi) is 6.50. The number of hydrogen-bond acceptors (Lipinski definition) is 8. The van der Waals surface area contributed by atoms with E-state index in [1.54, 1.807) is 30.3 Å². The predicted octanol–water partition coefficient (Wildman–Crippen LogP) is 4.20. The summed E-state index contributed by atoms with van der Waals surface area (Å²) in [7, 11) is 1.51. The number of hydrogen-bond donors (Lipinski definition) is 3. The van der Waals surface area contributed by atoms with Crippen LogP contribution in [-0.4, -0.2) is 27.9 Å². The molecule has 0 radical (unpaired) electrons. The Morgan fingerprint density at radius 2 is 1.80 bits per heavy atom. The number of hydrazine groups is 1. The number of rotatable bonds is 7. The van der Waals surface area contributed by atoms with Crippen LogP contribution in [0.25, 0.3) is 0 Å². The summed E-state index contributed by atoms with van der Waals surface area (Å²) in [5, 5.41) is 15.1. The molecule has 1 heterocycles. The summed E-state index contributed by atoms with van der Waals surface area (Å²) in [5.74, 6) is -0.308. The molecule has 30 heavy (non-hydrogen) atoms. The number of nitrogens with zero attached hydrogens (tertiary/aromatic N) is 3. The maximum Gasteiger partial charge on any atom is 0.355 e. The minimum Gasteiger partial charge on any atom is -0.497 e. The van der Waals surface area contributed by atoms with E-state index in [0.29, 0.717) is 22.0 Å². The van der Waals surface area contributed by atoms with Gasteiger partial charge in [0.15, 0.2) is 0 Å². The third kappa shape index (κ3) is 4.85. The van der Waals surface area contributed by atoms with Gasteiger partial charge >= 0.3 is 5.69 Å². The third-order valence-electron chi connectivity index (χ3n) is 3.83. The standard InChI is InChI=1S/C18H14Cl2N6O4/c1-30-12-5-2-10(3-6-12)18(27)25-24-17-15(26(28)29)16(21-9-22-17)23-14-8-11(19)4-7-13(14)20/h2-9H,1H3,(H,25,27)(H2,21,22,23,24). The maximum atomic E-state index is 12.3. The van der Waals surface area contributed by atoms with E-state index in [9.17, 15) is 14.9 Å². The summed E-state index contributed by atoms with van der Waals surface area (Å²) in [5.41, 5.74) is 4.94. The largest absolute Gasteiger partial charge is 0.497 e. The number of aromatic nitrogens is 2. The second-order valence-corrected chi connectivity index (χ2v) is 6.58. The molecule has 10 nitrogen and oxygen atoms in total. The monoisotopic (exact) mass is 448 g/mol. The van der Waals surface area contributed by atoms with Crippen molar-refractivity contribution in [3.8, 4) is 5.75 Å². The zero-order valence-corrected chi connectivity index (χ0v) is 16.9. The van der Waals surface area contributed by atoms with Gasteiger partial charge in [0.25, 0.3) is 5.91 Å². The fourth-order valence-electron chi connectivity index (χ4n) is 2.39. The minimum absolute atomic E-state index is 0.139. The average Bonchev–Trinajstić information content (AvgIpc) is 2.74. The van der Waals surface area contributed by atoms with Crippen LogP contribution in [-0.2, 0) is 0 Å². The molecule has 0 spiro atoms. The Morgan fingerprint density at radius 3 is 2.47 bits per heavy atom. The third-order valence-corrected chi connectivity index (χ3v) is 4.40. The smallest absolute Gasteiger partial charge is 0.355 e. The van der Waals surface area contributed by atoms with Gasteiger partial charge in [-0.2, -0.15) is 0 Å². The molecule has 0 aliphatic rings. The summed E-state index contributed by atoms with van der Waals surface area (Å²) in [4.78, 5) is 31.0. The Balaban J connectivity index is 1.82. The number of nitrogens with one attached hydrogen (secondary N) is 3. The van der Waals surface area contributed by atoms with Gasteiger partial charge in [0.05, 0.1) is 22.7 Å². The van der Waals surface area contributed by atoms with E-state index >= 15 is 0 Å². The summed E-state index contributed by atoms with van der Waals surface area (Å²) in [6, 6.07) is 10.9. The molecule has 0 saturated heterocycles. The first-order valence-corrected chi connectivity index (χ1v) is 9.06. The molecule has 0 atom stereocenters. The number of ether oxygens (including phenoxy) is 1. The molecule has 2 aromatic carbocycles. The van der Waals surface area contributed by atoms with Crippen LogP contribution >= 0.6 is 23.2 Å². The lowest BCUT2D eigenvalue weighted by Gasteiger charge is -2.12. The Morgan fingerprint density at radius 1 is 1.10 bits per heavy atom. The molecule has 154 valence electrons. The highest BCUT2D eigenvalue weighted by molar-refractivity contribution is 6.35. The van der Waals surface area contributed by atoms with Crippen LogP contribution in [0.4, 0.5) is 23.0 Å². The van der Waals surface area contributed by atoms with Gasteiger partial charge in [-0.05, 0) is 42.5 Å². The van der Waals surface area contributed by atoms with Gasteiger partial charge in [-0.1, -0.05) is 23.2 Å². The van der Waals surface area contributed by atoms with Crippen LogP contribution in [0, 0.1) is 10.1 Å². The van der Waals surface area contributed by atoms with E-state index in [2.05, 4.69) is 26.1 Å². The molecule has 1 aromatic heterocycles. The lowest BCUT2D eigenvalue weighted by molar-refractivity contribution is -0.383. The summed E-state index contributed by atoms with van der Waals surface area (Å²) in [6.07, 6.45) is 1.09. The molecule has 0 fully saturated rings. The Bertz CT molecular complexity index is 1090. The van der Waals surface area contributed by atoms with Crippen LogP contribution < -0.4 is 20.9 Å². The Labute approximate surface area is 180 Å². The molecule has 3 aromatic rings. The molecule has 1 amide bonds. The van der Waals surface area contributed by atoms with Gasteiger partial charge in [-0.15, -0.1) is 0 Å². The van der Waals surface area contributed by atoms with Gasteiger partial charge in [-0.25, -0.2) is 9.97 Å². The maximum absolute atomic E-state index is 12.3. The van der Waals surface area contributed by atoms with E-state index in [1.165, 1.54) is 19.2 Å². The molecular formula is C18H14Cl2N6O4. The summed E-state index contributed by atoms with van der Waals surface area (Å²) in [6.45, 7) is 0. The molecule has 0 bridgehead atoms. The number of nitro groups is 1. The first-order chi connectivity index (χ1) is 14.4. The number of carbonyl (C=O) groups is 1. The summed E-state index contributed by atoms with van der Waals surface area (Å²) < 4.78 is 5.03. The van der Waals surface area contributed by atoms with Crippen molar-refractivity contribution >= 4 is 52.1 Å². The molecule has 0 aliphatic heterocycles. The molecule has 3 N–H and O–H groups in total. The van der Waals surface area contributed by atoms with Crippen molar-refractivity contribution in [3.05, 3.63) is 74.5 Å². The molecular weight excluding hydrogens is 435 g/mol. The van der Waals surface area contributed by atoms with E-state index < -0.39 is 16.5 Å². The van der Waals surface area contributed by atoms with Crippen LogP contribution in [0.1, 0.15) is 10.4 Å². The number of carbonyl (C=O) groups excluding carboxylic acids is 1. The molecule has 0 unspecified atom stereocenters. The molecule has 0 saturated carbocycles. The van der Waals surface area contributed by atoms with Crippen molar-refractivity contribution in [2.24, 2.45) is 0 Å². The minimum atomic E-state index is -0.692. The van der Waals surface area contributed by atoms with Crippen molar-refractivity contribution in [2.45, 2.75) is 0 Å². The van der Waals surface area contributed by atoms with Crippen molar-refractivity contribution in [1.82, 2.24) is 15.4 Å². The lowest BCUT2D eigenvalue weighted by atomic mass is 10.2. The predicted molar refractivity (Wildman–Crippen MR) is 113 cm³/mol. The quantitative estimate of drug-likeness (QED) is 0.361. The number of benzene rings is 2. The SMILES string of the molecule is COc1ccc(C(=O)NNc2ncnc(Nc3cc(Cl)ccc3Cl)c2[N+](=O)[O-])cc1. The zero-order chi connectivity index (χ0) is 21.7. The van der Waals surface area contributed by atoms with Gasteiger partial charge in [0, 0.05) is 10.6 Å². The van der Waals surface area contributed by atoms with Crippen molar-refractivity contribution in [1.29, 1.82) is 0 Å². The van der Waals surface area contributed by atoms with Gasteiger partial charge in [0.2, 0.25) is 11.6 Å². The highest BCUT2D eigenvalue weighted by Crippen LogP contribution is 2.34. The fourth-order valence-corrected chi connectivity index (χ4v) is 2.72. The number of halogens is 2. The first kappa shape index (κ1) is 21.1. The van der Waals surface area contributed by atoms with Crippen LogP contribution in [0.2, 0.25) is 10.0 Å². The van der Waals surface area contributed by atoms with Crippen molar-refractivity contribution in [3.63, 3.8) is 0 Å². The first-order valence-electron chi connectivity index (χ1n) is 8.31. The fraction of sp³-hybridized carbons (Fsp3) is 0.0556. The number of methoxy groups -OCH3 is 1. The van der Waals surface area contributed by atoms with Crippen LogP contribution in [0.15, 0.2) is 48.8 Å². The van der Waals surface area contributed by atoms with E-state index in [0.717, 1.165) is 6.33 Å². The van der Waals surface area contributed by atoms with E-state index in [1.807, 2.05) is 0 Å². The van der Waals surface area contributed by atoms with E-state index in [4.69, 9.17) is 27.9 Å². The van der Waals surface area contributed by atoms with Crippen molar-refractivity contribution < 1.29 is 14.5 Å². The number of amides is 1. The zero-order valence-electron chi connectivity index (χ0n) is 15.3. The van der Waals surface area contributed by atoms with Crippen molar-refractivity contribution in [2.75, 3.05) is 17.9 Å². The van der Waals surface area contributed by atoms with Gasteiger partial charge in [0.1, 0.15) is 12.1 Å². The topological polar surface area (TPSA) is 131 Å². The summed E-state index contributed by atoms with van der Waals surface area (Å²) >= 11 is 12.0.